The summed E-state index contributed by atoms with van der Waals surface area (Å²) in [6, 6.07) is 0. The Morgan fingerprint density at radius 2 is 2.17 bits per heavy atom. The zero-order valence-electron chi connectivity index (χ0n) is 3.62. The van der Waals surface area contributed by atoms with Gasteiger partial charge in [0, 0.05) is 44.8 Å². The molecule has 0 heterocycles. The number of rotatable bonds is 2. The largest absolute Gasteiger partial charge is 0.394 e. The van der Waals surface area contributed by atoms with Crippen molar-refractivity contribution in [2.75, 3.05) is 20.3 Å². The van der Waals surface area contributed by atoms with Crippen LogP contribution in [0.15, 0.2) is 0 Å². The first-order chi connectivity index (χ1) is 2.41. The molecule has 0 atom stereocenters. The van der Waals surface area contributed by atoms with Gasteiger partial charge in [-0.05, 0) is 0 Å². The zero-order chi connectivity index (χ0) is 4.12. The van der Waals surface area contributed by atoms with Crippen molar-refractivity contribution >= 4 is 0 Å². The van der Waals surface area contributed by atoms with Crippen LogP contribution in [-0.4, -0.2) is 25.4 Å². The van der Waals surface area contributed by atoms with Gasteiger partial charge in [-0.1, -0.05) is 0 Å². The molecule has 0 aliphatic carbocycles. The number of methoxy groups -OCH3 is 1. The summed E-state index contributed by atoms with van der Waals surface area (Å²) in [6.45, 7) is 0.566. The van der Waals surface area contributed by atoms with Crippen molar-refractivity contribution in [3.8, 4) is 0 Å². The molecule has 0 aromatic rings. The van der Waals surface area contributed by atoms with E-state index in [1.807, 2.05) is 0 Å². The van der Waals surface area contributed by atoms with Crippen LogP contribution in [0.4, 0.5) is 0 Å². The Balaban J connectivity index is 0. The molecule has 0 rings (SSSR count). The van der Waals surface area contributed by atoms with E-state index < -0.39 is 0 Å². The normalized spacial score (nSPS) is 7.00. The second kappa shape index (κ2) is 9.49. The summed E-state index contributed by atoms with van der Waals surface area (Å²) in [5.41, 5.74) is 0. The van der Waals surface area contributed by atoms with E-state index >= 15 is 0 Å². The fourth-order valence-corrected chi connectivity index (χ4v) is 0.0913. The zero-order valence-corrected chi connectivity index (χ0v) is 4.33. The predicted octanol–water partition coefficient (Wildman–Crippen LogP) is -0.375. The van der Waals surface area contributed by atoms with Crippen molar-refractivity contribution in [3.63, 3.8) is 0 Å². The molecule has 40 valence electrons. The van der Waals surface area contributed by atoms with Crippen molar-refractivity contribution in [2.45, 2.75) is 0 Å². The predicted molar refractivity (Wildman–Crippen MR) is 19.0 cm³/mol. The van der Waals surface area contributed by atoms with E-state index in [9.17, 15) is 0 Å². The van der Waals surface area contributed by atoms with Crippen LogP contribution < -0.4 is 0 Å². The quantitative estimate of drug-likeness (QED) is 0.533. The fraction of sp³-hybridized carbons (Fsp3) is 1.00. The maximum atomic E-state index is 7.94. The van der Waals surface area contributed by atoms with Gasteiger partial charge in [0.1, 0.15) is 0 Å². The van der Waals surface area contributed by atoms with Crippen LogP contribution in [0.2, 0.25) is 0 Å². The minimum absolute atomic E-state index is 0. The SMILES string of the molecule is COCCO.[Ar]. The molecule has 6 heavy (non-hydrogen) atoms. The molecule has 0 unspecified atom stereocenters. The van der Waals surface area contributed by atoms with Crippen LogP contribution in [0.3, 0.4) is 0 Å². The second-order valence-electron chi connectivity index (χ2n) is 0.716. The molecule has 0 amide bonds. The molecule has 0 saturated carbocycles. The van der Waals surface area contributed by atoms with Crippen LogP contribution in [-0.2, 0) is 4.74 Å². The van der Waals surface area contributed by atoms with Crippen LogP contribution in [0, 0.1) is 37.7 Å². The summed E-state index contributed by atoms with van der Waals surface area (Å²) in [7, 11) is 1.55. The van der Waals surface area contributed by atoms with Gasteiger partial charge in [0.05, 0.1) is 13.2 Å². The average molecular weight is 116 g/mol. The maximum Gasteiger partial charge on any atom is 0.0693 e. The summed E-state index contributed by atoms with van der Waals surface area (Å²) in [5, 5.41) is 7.94. The number of ether oxygens (including phenoxy) is 1. The number of hydrogen-bond acceptors (Lipinski definition) is 2. The summed E-state index contributed by atoms with van der Waals surface area (Å²) >= 11 is 0. The Hall–Kier alpha value is 1.18. The van der Waals surface area contributed by atoms with Crippen molar-refractivity contribution < 1.29 is 47.6 Å². The van der Waals surface area contributed by atoms with Gasteiger partial charge in [0.2, 0.25) is 0 Å². The molecule has 3 heteroatoms. The van der Waals surface area contributed by atoms with E-state index in [-0.39, 0.29) is 44.3 Å². The van der Waals surface area contributed by atoms with E-state index in [0.29, 0.717) is 6.61 Å². The molecule has 0 spiro atoms. The van der Waals surface area contributed by atoms with Gasteiger partial charge in [-0.3, -0.25) is 0 Å². The van der Waals surface area contributed by atoms with E-state index in [0.717, 1.165) is 0 Å². The Labute approximate surface area is 67.5 Å². The Kier molecular flexibility index (Phi) is 16.2. The van der Waals surface area contributed by atoms with Gasteiger partial charge in [-0.15, -0.1) is 0 Å². The topological polar surface area (TPSA) is 29.5 Å². The molecule has 2 nitrogen and oxygen atoms in total. The minimum Gasteiger partial charge on any atom is -0.394 e. The first kappa shape index (κ1) is 10.2. The molecular formula is C3H8ArO2. The third-order valence-electron chi connectivity index (χ3n) is 0.295. The Bertz CT molecular complexity index is 16.3. The monoisotopic (exact) mass is 116 g/mol. The van der Waals surface area contributed by atoms with Crippen molar-refractivity contribution in [1.82, 2.24) is 0 Å². The Morgan fingerprint density at radius 3 is 2.17 bits per heavy atom. The molecule has 1 N–H and O–H groups in total. The third kappa shape index (κ3) is 8.95. The van der Waals surface area contributed by atoms with Gasteiger partial charge >= 0.3 is 0 Å². The maximum absolute atomic E-state index is 7.94. The molecule has 0 aliphatic rings. The van der Waals surface area contributed by atoms with Crippen molar-refractivity contribution in [3.05, 3.63) is 0 Å². The van der Waals surface area contributed by atoms with Crippen LogP contribution in [0.5, 0.6) is 0 Å². The summed E-state index contributed by atoms with van der Waals surface area (Å²) < 4.78 is 4.44. The van der Waals surface area contributed by atoms with E-state index in [2.05, 4.69) is 4.74 Å². The minimum atomic E-state index is 0. The van der Waals surface area contributed by atoms with Gasteiger partial charge in [0.25, 0.3) is 0 Å². The van der Waals surface area contributed by atoms with E-state index in [4.69, 9.17) is 5.11 Å². The molecular weight excluding hydrogens is 108 g/mol. The third-order valence-corrected chi connectivity index (χ3v) is 0.295. The number of aliphatic hydroxyl groups is 1. The number of hydrogen-bond donors (Lipinski definition) is 1. The van der Waals surface area contributed by atoms with Crippen molar-refractivity contribution in [2.24, 2.45) is 0 Å². The molecule has 0 saturated heterocycles. The summed E-state index contributed by atoms with van der Waals surface area (Å²) in [4.78, 5) is 0. The summed E-state index contributed by atoms with van der Waals surface area (Å²) in [6.07, 6.45) is 0. The van der Waals surface area contributed by atoms with Gasteiger partial charge in [-0.25, -0.2) is 0 Å². The molecule has 0 aromatic carbocycles. The van der Waals surface area contributed by atoms with Crippen molar-refractivity contribution in [1.29, 1.82) is 0 Å². The van der Waals surface area contributed by atoms with Gasteiger partial charge < -0.3 is 9.84 Å². The van der Waals surface area contributed by atoms with Gasteiger partial charge in [0.15, 0.2) is 0 Å². The summed E-state index contributed by atoms with van der Waals surface area (Å²) in [5.74, 6) is 0. The first-order valence-electron chi connectivity index (χ1n) is 1.51. The van der Waals surface area contributed by atoms with Crippen LogP contribution in [0.1, 0.15) is 0 Å². The van der Waals surface area contributed by atoms with Crippen LogP contribution >= 0.6 is 0 Å². The number of aliphatic hydroxyl groups excluding tert-OH is 1. The second-order valence-corrected chi connectivity index (χ2v) is 0.716. The van der Waals surface area contributed by atoms with Gasteiger partial charge in [-0.2, -0.15) is 0 Å². The first-order valence-corrected chi connectivity index (χ1v) is 1.51. The Morgan fingerprint density at radius 1 is 1.67 bits per heavy atom. The molecule has 0 fully saturated rings. The molecule has 0 bridgehead atoms. The standard InChI is InChI=1S/C3H8O2.Ar/c1-5-3-2-4;/h4H,2-3H2,1H3;. The van der Waals surface area contributed by atoms with E-state index in [1.54, 1.807) is 7.11 Å². The smallest absolute Gasteiger partial charge is 0.0693 e. The fourth-order valence-electron chi connectivity index (χ4n) is 0.0913. The average Bonchev–Trinajstić information content (AvgIpc) is 1.41. The molecule has 0 radical (unpaired) electrons. The van der Waals surface area contributed by atoms with Crippen LogP contribution in [0.25, 0.3) is 0 Å². The molecule has 0 aromatic heterocycles. The van der Waals surface area contributed by atoms with E-state index in [1.165, 1.54) is 0 Å². The molecule has 0 aliphatic heterocycles.